The Labute approximate surface area is 324 Å². The average molecular weight is 740 g/mol. The number of halogens is 2. The standard InChI is InChI=1S/C48H60Cl2S/c1-3-5-7-9-35-11-19-39(20-12-35)41-23-15-37(16-24-41)31-43-33-45(49)27-29-47(43)51-48-30-28-46(50)34-44(48)32-38-17-25-42(26-18-38)40-21-13-36(14-22-40)10-8-6-4-2/h15-18,23-30,33-36,39-40H,3-14,19-22,31-32H2,1-2H3. The molecular formula is C48H60Cl2S. The first-order valence-electron chi connectivity index (χ1n) is 20.4. The molecule has 2 aliphatic carbocycles. The number of hydrogen-bond donors (Lipinski definition) is 0. The van der Waals surface area contributed by atoms with Gasteiger partial charge < -0.3 is 0 Å². The Hall–Kier alpha value is -2.19. The molecule has 0 radical (unpaired) electrons. The summed E-state index contributed by atoms with van der Waals surface area (Å²) in [4.78, 5) is 2.52. The lowest BCUT2D eigenvalue weighted by Crippen LogP contribution is -2.13. The van der Waals surface area contributed by atoms with Crippen molar-refractivity contribution in [2.45, 2.75) is 151 Å². The van der Waals surface area contributed by atoms with Crippen LogP contribution < -0.4 is 0 Å². The van der Waals surface area contributed by atoms with Gasteiger partial charge in [0.25, 0.3) is 0 Å². The molecule has 0 saturated heterocycles. The Kier molecular flexibility index (Phi) is 14.9. The second-order valence-electron chi connectivity index (χ2n) is 15.9. The van der Waals surface area contributed by atoms with Crippen molar-refractivity contribution >= 4 is 35.0 Å². The van der Waals surface area contributed by atoms with E-state index in [-0.39, 0.29) is 0 Å². The fourth-order valence-corrected chi connectivity index (χ4v) is 10.3. The highest BCUT2D eigenvalue weighted by Gasteiger charge is 2.23. The minimum atomic E-state index is 0.721. The summed E-state index contributed by atoms with van der Waals surface area (Å²) in [6.45, 7) is 4.62. The molecular weight excluding hydrogens is 680 g/mol. The van der Waals surface area contributed by atoms with Crippen molar-refractivity contribution in [3.8, 4) is 0 Å². The van der Waals surface area contributed by atoms with E-state index in [2.05, 4.69) is 86.6 Å². The summed E-state index contributed by atoms with van der Waals surface area (Å²) in [5, 5.41) is 1.59. The van der Waals surface area contributed by atoms with Crippen molar-refractivity contribution in [2.24, 2.45) is 11.8 Å². The van der Waals surface area contributed by atoms with Crippen molar-refractivity contribution in [3.05, 3.63) is 128 Å². The molecule has 4 aromatic rings. The molecule has 0 amide bonds. The Balaban J connectivity index is 1.08. The molecule has 3 heteroatoms. The van der Waals surface area contributed by atoms with Gasteiger partial charge in [-0.15, -0.1) is 0 Å². The first-order valence-corrected chi connectivity index (χ1v) is 22.0. The molecule has 2 aliphatic rings. The quantitative estimate of drug-likeness (QED) is 0.103. The number of unbranched alkanes of at least 4 members (excludes halogenated alkanes) is 4. The summed E-state index contributed by atoms with van der Waals surface area (Å²) in [5.74, 6) is 3.34. The van der Waals surface area contributed by atoms with Crippen LogP contribution in [0.25, 0.3) is 0 Å². The maximum absolute atomic E-state index is 6.60. The van der Waals surface area contributed by atoms with Crippen LogP contribution in [0.3, 0.4) is 0 Å². The van der Waals surface area contributed by atoms with Crippen LogP contribution in [0.2, 0.25) is 10.0 Å². The van der Waals surface area contributed by atoms with Gasteiger partial charge in [0.05, 0.1) is 0 Å². The molecule has 272 valence electrons. The van der Waals surface area contributed by atoms with Crippen LogP contribution in [0.1, 0.15) is 162 Å². The maximum atomic E-state index is 6.60. The first-order chi connectivity index (χ1) is 25.0. The van der Waals surface area contributed by atoms with Gasteiger partial charge >= 0.3 is 0 Å². The van der Waals surface area contributed by atoms with Crippen molar-refractivity contribution in [3.63, 3.8) is 0 Å². The second-order valence-corrected chi connectivity index (χ2v) is 17.8. The topological polar surface area (TPSA) is 0 Å². The summed E-state index contributed by atoms with van der Waals surface area (Å²) in [6, 6.07) is 31.8. The zero-order valence-corrected chi connectivity index (χ0v) is 33.6. The molecule has 0 spiro atoms. The first kappa shape index (κ1) is 38.5. The molecule has 4 aromatic carbocycles. The van der Waals surface area contributed by atoms with Crippen LogP contribution in [-0.4, -0.2) is 0 Å². The zero-order valence-electron chi connectivity index (χ0n) is 31.3. The van der Waals surface area contributed by atoms with E-state index >= 15 is 0 Å². The van der Waals surface area contributed by atoms with E-state index in [1.807, 2.05) is 23.9 Å². The molecule has 0 bridgehead atoms. The highest BCUT2D eigenvalue weighted by atomic mass is 35.5. The van der Waals surface area contributed by atoms with Crippen molar-refractivity contribution in [2.75, 3.05) is 0 Å². The lowest BCUT2D eigenvalue weighted by Gasteiger charge is -2.29. The van der Waals surface area contributed by atoms with E-state index in [9.17, 15) is 0 Å². The van der Waals surface area contributed by atoms with E-state index in [4.69, 9.17) is 23.2 Å². The SMILES string of the molecule is CCCCCC1CCC(c2ccc(Cc3cc(Cl)ccc3Sc3ccc(Cl)cc3Cc3ccc(C4CCC(CCCCC)CC4)cc3)cc2)CC1. The van der Waals surface area contributed by atoms with Crippen LogP contribution in [0.4, 0.5) is 0 Å². The Bertz CT molecular complexity index is 1500. The van der Waals surface area contributed by atoms with Crippen LogP contribution in [0.5, 0.6) is 0 Å². The Morgan fingerprint density at radius 3 is 1.25 bits per heavy atom. The summed E-state index contributed by atoms with van der Waals surface area (Å²) in [6.07, 6.45) is 23.9. The molecule has 0 atom stereocenters. The van der Waals surface area contributed by atoms with Gasteiger partial charge in [-0.1, -0.05) is 149 Å². The molecule has 51 heavy (non-hydrogen) atoms. The Morgan fingerprint density at radius 2 is 0.882 bits per heavy atom. The third-order valence-electron chi connectivity index (χ3n) is 12.1. The molecule has 0 heterocycles. The molecule has 0 nitrogen and oxygen atoms in total. The van der Waals surface area contributed by atoms with Gasteiger partial charge in [0.1, 0.15) is 0 Å². The minimum absolute atomic E-state index is 0.721. The lowest BCUT2D eigenvalue weighted by atomic mass is 9.77. The number of benzene rings is 4. The van der Waals surface area contributed by atoms with E-state index < -0.39 is 0 Å². The predicted molar refractivity (Wildman–Crippen MR) is 223 cm³/mol. The summed E-state index contributed by atoms with van der Waals surface area (Å²) in [7, 11) is 0. The molecule has 2 fully saturated rings. The fraction of sp³-hybridized carbons (Fsp3) is 0.500. The molecule has 0 unspecified atom stereocenters. The zero-order chi connectivity index (χ0) is 35.4. The maximum Gasteiger partial charge on any atom is 0.0409 e. The number of rotatable bonds is 16. The van der Waals surface area contributed by atoms with Crippen molar-refractivity contribution < 1.29 is 0 Å². The van der Waals surface area contributed by atoms with E-state index in [0.717, 1.165) is 46.6 Å². The van der Waals surface area contributed by atoms with Gasteiger partial charge in [-0.05, 0) is 158 Å². The molecule has 2 saturated carbocycles. The van der Waals surface area contributed by atoms with Crippen molar-refractivity contribution in [1.82, 2.24) is 0 Å². The van der Waals surface area contributed by atoms with Crippen molar-refractivity contribution in [1.29, 1.82) is 0 Å². The normalized spacial score (nSPS) is 20.8. The van der Waals surface area contributed by atoms with Gasteiger partial charge in [0.2, 0.25) is 0 Å². The lowest BCUT2D eigenvalue weighted by molar-refractivity contribution is 0.303. The number of hydrogen-bond acceptors (Lipinski definition) is 1. The average Bonchev–Trinajstić information content (AvgIpc) is 3.15. The third-order valence-corrected chi connectivity index (χ3v) is 13.8. The molecule has 0 N–H and O–H groups in total. The molecule has 0 aromatic heterocycles. The van der Waals surface area contributed by atoms with Gasteiger partial charge in [-0.3, -0.25) is 0 Å². The second kappa shape index (κ2) is 19.8. The minimum Gasteiger partial charge on any atom is -0.0895 e. The van der Waals surface area contributed by atoms with Gasteiger partial charge in [0, 0.05) is 19.8 Å². The van der Waals surface area contributed by atoms with Crippen LogP contribution in [-0.2, 0) is 12.8 Å². The van der Waals surface area contributed by atoms with Gasteiger partial charge in [-0.2, -0.15) is 0 Å². The monoisotopic (exact) mass is 738 g/mol. The van der Waals surface area contributed by atoms with Gasteiger partial charge in [0.15, 0.2) is 0 Å². The van der Waals surface area contributed by atoms with Crippen LogP contribution >= 0.6 is 35.0 Å². The van der Waals surface area contributed by atoms with Gasteiger partial charge in [-0.25, -0.2) is 0 Å². The van der Waals surface area contributed by atoms with E-state index in [1.54, 1.807) is 0 Å². The highest BCUT2D eigenvalue weighted by Crippen LogP contribution is 2.41. The predicted octanol–water partition coefficient (Wildman–Crippen LogP) is 16.0. The van der Waals surface area contributed by atoms with Crippen LogP contribution in [0.15, 0.2) is 94.7 Å². The summed E-state index contributed by atoms with van der Waals surface area (Å²) in [5.41, 5.74) is 8.29. The summed E-state index contributed by atoms with van der Waals surface area (Å²) < 4.78 is 0. The molecule has 6 rings (SSSR count). The Morgan fingerprint density at radius 1 is 0.490 bits per heavy atom. The largest absolute Gasteiger partial charge is 0.0895 e. The fourth-order valence-electron chi connectivity index (χ4n) is 8.88. The smallest absolute Gasteiger partial charge is 0.0409 e. The molecule has 0 aliphatic heterocycles. The highest BCUT2D eigenvalue weighted by molar-refractivity contribution is 7.99. The summed E-state index contributed by atoms with van der Waals surface area (Å²) >= 11 is 15.0. The van der Waals surface area contributed by atoms with Crippen LogP contribution in [0, 0.1) is 11.8 Å². The van der Waals surface area contributed by atoms with E-state index in [0.29, 0.717) is 0 Å². The van der Waals surface area contributed by atoms with E-state index in [1.165, 1.54) is 146 Å². The third kappa shape index (κ3) is 11.4.